The highest BCUT2D eigenvalue weighted by molar-refractivity contribution is 5.99. The van der Waals surface area contributed by atoms with E-state index >= 15 is 0 Å². The number of amides is 2. The van der Waals surface area contributed by atoms with Crippen molar-refractivity contribution in [2.75, 3.05) is 6.54 Å². The molecular weight excluding hydrogens is 356 g/mol. The fourth-order valence-electron chi connectivity index (χ4n) is 3.71. The van der Waals surface area contributed by atoms with Crippen molar-refractivity contribution < 1.29 is 19.1 Å². The molecule has 1 saturated heterocycles. The van der Waals surface area contributed by atoms with Gasteiger partial charge in [0.05, 0.1) is 5.56 Å². The molecule has 0 bridgehead atoms. The molecular formula is C22H22N2O4. The van der Waals surface area contributed by atoms with Crippen LogP contribution in [0.15, 0.2) is 48.5 Å². The van der Waals surface area contributed by atoms with Crippen molar-refractivity contribution in [1.82, 2.24) is 10.6 Å². The highest BCUT2D eigenvalue weighted by atomic mass is 16.5. The van der Waals surface area contributed by atoms with Gasteiger partial charge in [-0.15, -0.1) is 0 Å². The summed E-state index contributed by atoms with van der Waals surface area (Å²) in [6.45, 7) is 0.646. The lowest BCUT2D eigenvalue weighted by Gasteiger charge is -2.25. The van der Waals surface area contributed by atoms with Gasteiger partial charge >= 0.3 is 5.97 Å². The Balaban J connectivity index is 1.54. The lowest BCUT2D eigenvalue weighted by Crippen LogP contribution is -2.45. The molecule has 2 amide bonds. The third kappa shape index (κ3) is 3.76. The van der Waals surface area contributed by atoms with E-state index in [1.165, 1.54) is 0 Å². The number of benzene rings is 2. The fraction of sp³-hybridized carbons (Fsp3) is 0.318. The van der Waals surface area contributed by atoms with Crippen LogP contribution < -0.4 is 10.6 Å². The zero-order valence-electron chi connectivity index (χ0n) is 15.4. The Bertz CT molecular complexity index is 910. The van der Waals surface area contributed by atoms with Gasteiger partial charge in [0.25, 0.3) is 5.91 Å². The van der Waals surface area contributed by atoms with E-state index in [2.05, 4.69) is 10.6 Å². The lowest BCUT2D eigenvalue weighted by atomic mass is 9.93. The predicted molar refractivity (Wildman–Crippen MR) is 103 cm³/mol. The predicted octanol–water partition coefficient (Wildman–Crippen LogP) is 2.54. The molecule has 2 heterocycles. The molecule has 0 saturated carbocycles. The number of carbonyl (C=O) groups is 3. The van der Waals surface area contributed by atoms with E-state index in [-0.39, 0.29) is 23.9 Å². The topological polar surface area (TPSA) is 84.5 Å². The molecule has 0 radical (unpaired) electrons. The van der Waals surface area contributed by atoms with Gasteiger partial charge < -0.3 is 15.4 Å². The summed E-state index contributed by atoms with van der Waals surface area (Å²) >= 11 is 0. The summed E-state index contributed by atoms with van der Waals surface area (Å²) in [4.78, 5) is 37.1. The Hall–Kier alpha value is -3.15. The Morgan fingerprint density at radius 3 is 2.71 bits per heavy atom. The molecule has 4 rings (SSSR count). The molecule has 0 spiro atoms. The molecule has 0 aliphatic carbocycles. The molecule has 0 unspecified atom stereocenters. The minimum atomic E-state index is -0.520. The third-order valence-corrected chi connectivity index (χ3v) is 5.25. The summed E-state index contributed by atoms with van der Waals surface area (Å²) in [5.74, 6) is -0.832. The van der Waals surface area contributed by atoms with Crippen LogP contribution in [0.4, 0.5) is 0 Å². The maximum Gasteiger partial charge on any atom is 0.339 e. The van der Waals surface area contributed by atoms with Gasteiger partial charge in [0.1, 0.15) is 12.1 Å². The average molecular weight is 378 g/mol. The Labute approximate surface area is 163 Å². The first-order valence-electron chi connectivity index (χ1n) is 9.59. The second kappa shape index (κ2) is 7.84. The zero-order chi connectivity index (χ0) is 19.5. The van der Waals surface area contributed by atoms with Crippen LogP contribution in [0.25, 0.3) is 0 Å². The summed E-state index contributed by atoms with van der Waals surface area (Å²) in [5, 5.41) is 5.63. The number of nitrogens with one attached hydrogen (secondary N) is 2. The molecule has 2 aromatic rings. The summed E-state index contributed by atoms with van der Waals surface area (Å²) in [7, 11) is 0. The molecule has 6 heteroatoms. The van der Waals surface area contributed by atoms with Gasteiger partial charge in [0, 0.05) is 18.5 Å². The van der Waals surface area contributed by atoms with Gasteiger partial charge in [0.15, 0.2) is 0 Å². The number of carbonyl (C=O) groups excluding carboxylic acids is 3. The molecule has 28 heavy (non-hydrogen) atoms. The van der Waals surface area contributed by atoms with Gasteiger partial charge in [-0.3, -0.25) is 9.59 Å². The van der Waals surface area contributed by atoms with E-state index in [4.69, 9.17) is 4.74 Å². The lowest BCUT2D eigenvalue weighted by molar-refractivity contribution is -0.122. The SMILES string of the molecule is O=C(N[C@H]1CCCCNC1=O)c1ccc2c(c1)C[C@H](c1ccccc1)OC2=O. The maximum absolute atomic E-state index is 12.7. The first kappa shape index (κ1) is 18.2. The molecule has 2 aliphatic heterocycles. The monoisotopic (exact) mass is 378 g/mol. The van der Waals surface area contributed by atoms with E-state index in [9.17, 15) is 14.4 Å². The molecule has 2 aromatic carbocycles. The number of esters is 1. The number of hydrogen-bond donors (Lipinski definition) is 2. The van der Waals surface area contributed by atoms with Gasteiger partial charge in [-0.25, -0.2) is 4.79 Å². The maximum atomic E-state index is 12.7. The largest absolute Gasteiger partial charge is 0.454 e. The summed E-state index contributed by atoms with van der Waals surface area (Å²) in [5.41, 5.74) is 2.63. The summed E-state index contributed by atoms with van der Waals surface area (Å²) in [6.07, 6.45) is 2.58. The van der Waals surface area contributed by atoms with Crippen LogP contribution >= 0.6 is 0 Å². The molecule has 0 aromatic heterocycles. The number of ether oxygens (including phenoxy) is 1. The van der Waals surface area contributed by atoms with Gasteiger partial charge in [-0.05, 0) is 48.6 Å². The van der Waals surface area contributed by atoms with Crippen LogP contribution in [0, 0.1) is 0 Å². The number of fused-ring (bicyclic) bond motifs is 1. The minimum Gasteiger partial charge on any atom is -0.454 e. The highest BCUT2D eigenvalue weighted by Gasteiger charge is 2.29. The Kier molecular flexibility index (Phi) is 5.10. The first-order chi connectivity index (χ1) is 13.6. The second-order valence-corrected chi connectivity index (χ2v) is 7.19. The van der Waals surface area contributed by atoms with E-state index in [1.807, 2.05) is 30.3 Å². The van der Waals surface area contributed by atoms with Crippen molar-refractivity contribution in [3.63, 3.8) is 0 Å². The van der Waals surface area contributed by atoms with Crippen molar-refractivity contribution in [3.8, 4) is 0 Å². The summed E-state index contributed by atoms with van der Waals surface area (Å²) in [6, 6.07) is 14.0. The van der Waals surface area contributed by atoms with Gasteiger partial charge in [-0.1, -0.05) is 30.3 Å². The zero-order valence-corrected chi connectivity index (χ0v) is 15.4. The van der Waals surface area contributed by atoms with Crippen LogP contribution in [0.5, 0.6) is 0 Å². The smallest absolute Gasteiger partial charge is 0.339 e. The molecule has 144 valence electrons. The molecule has 2 aliphatic rings. The van der Waals surface area contributed by atoms with E-state index < -0.39 is 6.04 Å². The standard InChI is InChI=1S/C22H22N2O4/c25-20(24-18-8-4-5-11-23-21(18)26)15-9-10-17-16(12-15)13-19(28-22(17)27)14-6-2-1-3-7-14/h1-3,6-7,9-10,12,18-19H,4-5,8,11,13H2,(H,23,26)(H,24,25)/t18-,19+/m0/s1. The highest BCUT2D eigenvalue weighted by Crippen LogP contribution is 2.31. The van der Waals surface area contributed by atoms with Crippen LogP contribution in [-0.4, -0.2) is 30.4 Å². The molecule has 6 nitrogen and oxygen atoms in total. The van der Waals surface area contributed by atoms with Gasteiger partial charge in [0.2, 0.25) is 5.91 Å². The Morgan fingerprint density at radius 2 is 1.89 bits per heavy atom. The molecule has 1 fully saturated rings. The Morgan fingerprint density at radius 1 is 1.07 bits per heavy atom. The number of rotatable bonds is 3. The number of hydrogen-bond acceptors (Lipinski definition) is 4. The molecule has 2 N–H and O–H groups in total. The van der Waals surface area contributed by atoms with Crippen molar-refractivity contribution in [2.24, 2.45) is 0 Å². The van der Waals surface area contributed by atoms with Crippen molar-refractivity contribution in [3.05, 3.63) is 70.8 Å². The molecule has 2 atom stereocenters. The van der Waals surface area contributed by atoms with Gasteiger partial charge in [-0.2, -0.15) is 0 Å². The van der Waals surface area contributed by atoms with E-state index in [0.717, 1.165) is 24.0 Å². The van der Waals surface area contributed by atoms with Crippen molar-refractivity contribution >= 4 is 17.8 Å². The van der Waals surface area contributed by atoms with Crippen LogP contribution in [0.1, 0.15) is 57.2 Å². The number of cyclic esters (lactones) is 1. The van der Waals surface area contributed by atoms with E-state index in [0.29, 0.717) is 30.5 Å². The van der Waals surface area contributed by atoms with E-state index in [1.54, 1.807) is 18.2 Å². The summed E-state index contributed by atoms with van der Waals surface area (Å²) < 4.78 is 5.56. The minimum absolute atomic E-state index is 0.142. The van der Waals surface area contributed by atoms with Crippen molar-refractivity contribution in [1.29, 1.82) is 0 Å². The second-order valence-electron chi connectivity index (χ2n) is 7.19. The fourth-order valence-corrected chi connectivity index (χ4v) is 3.71. The third-order valence-electron chi connectivity index (χ3n) is 5.25. The quantitative estimate of drug-likeness (QED) is 0.804. The normalized spacial score (nSPS) is 21.7. The van der Waals surface area contributed by atoms with Crippen LogP contribution in [-0.2, 0) is 16.0 Å². The average Bonchev–Trinajstić information content (AvgIpc) is 2.92. The van der Waals surface area contributed by atoms with Crippen molar-refractivity contribution in [2.45, 2.75) is 37.8 Å². The van der Waals surface area contributed by atoms with Crippen LogP contribution in [0.2, 0.25) is 0 Å². The van der Waals surface area contributed by atoms with Crippen LogP contribution in [0.3, 0.4) is 0 Å². The first-order valence-corrected chi connectivity index (χ1v) is 9.59.